The molecule has 0 aromatic heterocycles. The summed E-state index contributed by atoms with van der Waals surface area (Å²) < 4.78 is 0. The Balaban J connectivity index is 1.64. The van der Waals surface area contributed by atoms with Gasteiger partial charge in [0, 0.05) is 5.92 Å². The molecule has 2 nitrogen and oxygen atoms in total. The number of unbranched alkanes of at least 4 members (excludes halogenated alkanes) is 1. The molecule has 2 N–H and O–H groups in total. The van der Waals surface area contributed by atoms with Crippen molar-refractivity contribution in [1.29, 1.82) is 0 Å². The second-order valence-electron chi connectivity index (χ2n) is 7.62. The van der Waals surface area contributed by atoms with E-state index in [0.717, 1.165) is 42.4 Å². The van der Waals surface area contributed by atoms with Gasteiger partial charge in [-0.25, -0.2) is 0 Å². The van der Waals surface area contributed by atoms with Crippen molar-refractivity contribution in [3.8, 4) is 11.5 Å². The first-order valence-corrected chi connectivity index (χ1v) is 10.5. The highest BCUT2D eigenvalue weighted by molar-refractivity contribution is 5.85. The Labute approximate surface area is 181 Å². The van der Waals surface area contributed by atoms with Gasteiger partial charge in [-0.3, -0.25) is 0 Å². The Bertz CT molecular complexity index is 772. The van der Waals surface area contributed by atoms with E-state index in [-0.39, 0.29) is 11.5 Å². The Morgan fingerprint density at radius 1 is 0.600 bits per heavy atom. The summed E-state index contributed by atoms with van der Waals surface area (Å²) in [5.74, 6) is 3.13. The molecule has 0 unspecified atom stereocenters. The van der Waals surface area contributed by atoms with Crippen LogP contribution >= 0.6 is 0 Å². The number of hydrogen-bond donors (Lipinski definition) is 2. The van der Waals surface area contributed by atoms with Crippen molar-refractivity contribution in [2.24, 2.45) is 0 Å². The molecule has 4 rings (SSSR count). The molecule has 0 atom stereocenters. The normalized spacial score (nSPS) is 17.5. The molecule has 0 spiro atoms. The lowest BCUT2D eigenvalue weighted by Gasteiger charge is -2.22. The third-order valence-electron chi connectivity index (χ3n) is 5.50. The van der Waals surface area contributed by atoms with Crippen molar-refractivity contribution >= 4 is 5.57 Å². The fourth-order valence-corrected chi connectivity index (χ4v) is 3.97. The first-order valence-electron chi connectivity index (χ1n) is 10.5. The lowest BCUT2D eigenvalue weighted by molar-refractivity contribution is 0.475. The molecular formula is C28H26O2. The van der Waals surface area contributed by atoms with Crippen LogP contribution in [0.4, 0.5) is 0 Å². The summed E-state index contributed by atoms with van der Waals surface area (Å²) in [5, 5.41) is 19.6. The van der Waals surface area contributed by atoms with Gasteiger partial charge in [0.25, 0.3) is 0 Å². The summed E-state index contributed by atoms with van der Waals surface area (Å²) in [6.45, 7) is 0. The van der Waals surface area contributed by atoms with E-state index < -0.39 is 0 Å². The molecule has 2 fully saturated rings. The lowest BCUT2D eigenvalue weighted by atomic mass is 9.82. The highest BCUT2D eigenvalue weighted by Crippen LogP contribution is 2.41. The zero-order valence-electron chi connectivity index (χ0n) is 17.0. The molecule has 10 radical (unpaired) electrons. The molecule has 30 heavy (non-hydrogen) atoms. The standard InChI is InChI=1S/C28H26O2/c29-25-17-13-23(14-18-25)28(24-15-19-26(30)20-16-24)27(22-10-4-5-11-22)12-6-3-9-21-7-1-2-8-21/h1-2,4-5,7-8,10-11,13-20,29-30H,3,6,9,12H2. The van der Waals surface area contributed by atoms with Crippen molar-refractivity contribution in [3.05, 3.63) is 128 Å². The molecule has 0 aliphatic heterocycles. The van der Waals surface area contributed by atoms with Crippen LogP contribution in [0.2, 0.25) is 0 Å². The second kappa shape index (κ2) is 10.2. The average molecular weight is 395 g/mol. The molecular weight excluding hydrogens is 368 g/mol. The SMILES string of the molecule is Oc1ccc(C(=C(CCCC[C]2[CH][CH][CH][CH]2)[C]2[CH][CH][CH][CH]2)c2ccc(O)cc2)cc1. The van der Waals surface area contributed by atoms with E-state index in [1.807, 2.05) is 24.3 Å². The van der Waals surface area contributed by atoms with Crippen LogP contribution in [0.3, 0.4) is 0 Å². The molecule has 0 heterocycles. The van der Waals surface area contributed by atoms with Crippen molar-refractivity contribution in [2.75, 3.05) is 0 Å². The van der Waals surface area contributed by atoms with E-state index in [1.165, 1.54) is 17.4 Å². The van der Waals surface area contributed by atoms with Crippen molar-refractivity contribution in [1.82, 2.24) is 0 Å². The maximum atomic E-state index is 9.78. The Morgan fingerprint density at radius 2 is 1.10 bits per heavy atom. The molecule has 150 valence electrons. The Kier molecular flexibility index (Phi) is 7.15. The van der Waals surface area contributed by atoms with Gasteiger partial charge in [0.15, 0.2) is 0 Å². The highest BCUT2D eigenvalue weighted by Gasteiger charge is 2.25. The van der Waals surface area contributed by atoms with Crippen LogP contribution in [-0.2, 0) is 0 Å². The summed E-state index contributed by atoms with van der Waals surface area (Å²) in [4.78, 5) is 0. The number of phenolic OH excluding ortho intramolecular Hbond substituents is 2. The van der Waals surface area contributed by atoms with Crippen LogP contribution in [0, 0.1) is 63.2 Å². The zero-order valence-corrected chi connectivity index (χ0v) is 17.0. The van der Waals surface area contributed by atoms with E-state index in [4.69, 9.17) is 0 Å². The number of phenols is 2. The van der Waals surface area contributed by atoms with Crippen LogP contribution in [0.25, 0.3) is 5.57 Å². The Hall–Kier alpha value is -2.22. The maximum absolute atomic E-state index is 9.78. The molecule has 2 aromatic rings. The minimum Gasteiger partial charge on any atom is -0.508 e. The van der Waals surface area contributed by atoms with Gasteiger partial charge < -0.3 is 10.2 Å². The van der Waals surface area contributed by atoms with Crippen molar-refractivity contribution in [2.45, 2.75) is 25.7 Å². The van der Waals surface area contributed by atoms with Gasteiger partial charge in [-0.15, -0.1) is 0 Å². The Morgan fingerprint density at radius 3 is 1.63 bits per heavy atom. The maximum Gasteiger partial charge on any atom is 0.115 e. The summed E-state index contributed by atoms with van der Waals surface area (Å²) >= 11 is 0. The van der Waals surface area contributed by atoms with Gasteiger partial charge in [-0.2, -0.15) is 0 Å². The average Bonchev–Trinajstić information content (AvgIpc) is 3.47. The first-order chi connectivity index (χ1) is 14.7. The molecule has 0 bridgehead atoms. The quantitative estimate of drug-likeness (QED) is 0.518. The predicted octanol–water partition coefficient (Wildman–Crippen LogP) is 6.27. The van der Waals surface area contributed by atoms with E-state index >= 15 is 0 Å². The number of aromatic hydroxyl groups is 2. The highest BCUT2D eigenvalue weighted by atomic mass is 16.3. The molecule has 2 heteroatoms. The van der Waals surface area contributed by atoms with Crippen molar-refractivity contribution < 1.29 is 10.2 Å². The predicted molar refractivity (Wildman–Crippen MR) is 122 cm³/mol. The molecule has 0 amide bonds. The summed E-state index contributed by atoms with van der Waals surface area (Å²) in [7, 11) is 0. The van der Waals surface area contributed by atoms with Gasteiger partial charge in [-0.05, 0) is 118 Å². The summed E-state index contributed by atoms with van der Waals surface area (Å²) in [6.07, 6.45) is 21.3. The van der Waals surface area contributed by atoms with E-state index in [9.17, 15) is 10.2 Å². The largest absolute Gasteiger partial charge is 0.508 e. The third kappa shape index (κ3) is 5.28. The number of benzene rings is 2. The monoisotopic (exact) mass is 394 g/mol. The van der Waals surface area contributed by atoms with E-state index in [2.05, 4.69) is 51.4 Å². The van der Waals surface area contributed by atoms with E-state index in [0.29, 0.717) is 0 Å². The smallest absolute Gasteiger partial charge is 0.115 e. The molecule has 0 saturated heterocycles. The van der Waals surface area contributed by atoms with Gasteiger partial charge in [0.1, 0.15) is 11.5 Å². The van der Waals surface area contributed by atoms with Gasteiger partial charge >= 0.3 is 0 Å². The minimum absolute atomic E-state index is 0.258. The third-order valence-corrected chi connectivity index (χ3v) is 5.50. The molecule has 2 aliphatic rings. The fraction of sp³-hybridized carbons (Fsp3) is 0.143. The van der Waals surface area contributed by atoms with Gasteiger partial charge in [-0.1, -0.05) is 36.3 Å². The summed E-state index contributed by atoms with van der Waals surface area (Å²) in [6, 6.07) is 14.8. The van der Waals surface area contributed by atoms with E-state index in [1.54, 1.807) is 24.3 Å². The first kappa shape index (κ1) is 21.0. The van der Waals surface area contributed by atoms with Crippen molar-refractivity contribution in [3.63, 3.8) is 0 Å². The number of hydrogen-bond acceptors (Lipinski definition) is 2. The zero-order chi connectivity index (χ0) is 20.8. The lowest BCUT2D eigenvalue weighted by Crippen LogP contribution is -2.04. The van der Waals surface area contributed by atoms with Gasteiger partial charge in [0.05, 0.1) is 0 Å². The van der Waals surface area contributed by atoms with Gasteiger partial charge in [0.2, 0.25) is 0 Å². The fourth-order valence-electron chi connectivity index (χ4n) is 3.97. The van der Waals surface area contributed by atoms with Crippen LogP contribution < -0.4 is 0 Å². The topological polar surface area (TPSA) is 40.5 Å². The number of rotatable bonds is 8. The van der Waals surface area contributed by atoms with Crippen LogP contribution in [0.1, 0.15) is 36.8 Å². The molecule has 2 saturated carbocycles. The summed E-state index contributed by atoms with van der Waals surface area (Å²) in [5.41, 5.74) is 4.56. The second-order valence-corrected chi connectivity index (χ2v) is 7.62. The number of allylic oxidation sites excluding steroid dienone is 1. The molecule has 2 aliphatic carbocycles. The van der Waals surface area contributed by atoms with Crippen LogP contribution in [-0.4, -0.2) is 10.2 Å². The minimum atomic E-state index is 0.258. The molecule has 2 aromatic carbocycles. The van der Waals surface area contributed by atoms with Crippen LogP contribution in [0.5, 0.6) is 11.5 Å². The van der Waals surface area contributed by atoms with Crippen LogP contribution in [0.15, 0.2) is 54.1 Å².